The maximum absolute atomic E-state index is 13.4. The van der Waals surface area contributed by atoms with Crippen molar-refractivity contribution in [1.82, 2.24) is 15.1 Å². The molecule has 0 radical (unpaired) electrons. The van der Waals surface area contributed by atoms with E-state index in [4.69, 9.17) is 4.74 Å². The molecule has 5 rings (SSSR count). The number of hydrogen-bond donors (Lipinski definition) is 0. The maximum atomic E-state index is 13.4. The summed E-state index contributed by atoms with van der Waals surface area (Å²) in [5.74, 6) is 1.95. The van der Waals surface area contributed by atoms with E-state index in [0.29, 0.717) is 6.54 Å². The molecule has 1 unspecified atom stereocenters. The highest BCUT2D eigenvalue weighted by atomic mass is 16.5. The van der Waals surface area contributed by atoms with Gasteiger partial charge in [0.05, 0.1) is 18.7 Å². The summed E-state index contributed by atoms with van der Waals surface area (Å²) in [7, 11) is 1.66. The van der Waals surface area contributed by atoms with Crippen molar-refractivity contribution in [3.05, 3.63) is 66.2 Å². The largest absolute Gasteiger partial charge is 0.497 e. The second-order valence-corrected chi connectivity index (χ2v) is 9.44. The van der Waals surface area contributed by atoms with Crippen LogP contribution in [0.25, 0.3) is 11.3 Å². The molecule has 7 heteroatoms. The van der Waals surface area contributed by atoms with Gasteiger partial charge in [0.25, 0.3) is 0 Å². The third-order valence-electron chi connectivity index (χ3n) is 7.09. The van der Waals surface area contributed by atoms with E-state index >= 15 is 0 Å². The standard InChI is InChI=1S/C28H33N5O2/c1-21-5-3-7-24(19-21)31-15-17-32(18-16-31)28(34)23-6-4-14-33(20-23)27-13-12-26(29-30-27)22-8-10-25(35-2)11-9-22/h3,5,7-13,19,23H,4,6,14-18,20H2,1-2H3. The molecule has 0 bridgehead atoms. The van der Waals surface area contributed by atoms with Gasteiger partial charge in [0.2, 0.25) is 5.91 Å². The molecule has 0 aliphatic carbocycles. The number of benzene rings is 2. The third kappa shape index (κ3) is 5.24. The van der Waals surface area contributed by atoms with E-state index in [-0.39, 0.29) is 11.8 Å². The molecule has 0 spiro atoms. The number of anilines is 2. The van der Waals surface area contributed by atoms with Crippen molar-refractivity contribution in [2.24, 2.45) is 5.92 Å². The van der Waals surface area contributed by atoms with Crippen LogP contribution in [0.3, 0.4) is 0 Å². The predicted molar refractivity (Wildman–Crippen MR) is 139 cm³/mol. The summed E-state index contributed by atoms with van der Waals surface area (Å²) in [5, 5.41) is 8.94. The Balaban J connectivity index is 1.18. The van der Waals surface area contributed by atoms with E-state index in [1.807, 2.05) is 36.4 Å². The number of carbonyl (C=O) groups is 1. The van der Waals surface area contributed by atoms with Crippen LogP contribution in [-0.4, -0.2) is 67.4 Å². The van der Waals surface area contributed by atoms with E-state index in [0.717, 1.165) is 68.4 Å². The molecule has 0 N–H and O–H groups in total. The molecule has 1 atom stereocenters. The number of piperazine rings is 1. The molecule has 0 saturated carbocycles. The average Bonchev–Trinajstić information content (AvgIpc) is 2.93. The molecule has 3 heterocycles. The third-order valence-corrected chi connectivity index (χ3v) is 7.09. The highest BCUT2D eigenvalue weighted by Gasteiger charge is 2.31. The van der Waals surface area contributed by atoms with Gasteiger partial charge in [0.1, 0.15) is 5.75 Å². The SMILES string of the molecule is COc1ccc(-c2ccc(N3CCCC(C(=O)N4CCN(c5cccc(C)c5)CC4)C3)nn2)cc1. The molecule has 1 amide bonds. The number of methoxy groups -OCH3 is 1. The second kappa shape index (κ2) is 10.3. The molecule has 3 aromatic rings. The van der Waals surface area contributed by atoms with Crippen molar-refractivity contribution >= 4 is 17.4 Å². The van der Waals surface area contributed by atoms with Crippen LogP contribution < -0.4 is 14.5 Å². The van der Waals surface area contributed by atoms with Crippen LogP contribution in [0, 0.1) is 12.8 Å². The lowest BCUT2D eigenvalue weighted by Crippen LogP contribution is -2.52. The van der Waals surface area contributed by atoms with Gasteiger partial charge in [-0.1, -0.05) is 12.1 Å². The summed E-state index contributed by atoms with van der Waals surface area (Å²) in [4.78, 5) is 20.0. The fraction of sp³-hybridized carbons (Fsp3) is 0.393. The normalized spacial score (nSPS) is 18.5. The first-order valence-corrected chi connectivity index (χ1v) is 12.4. The van der Waals surface area contributed by atoms with Crippen LogP contribution in [0.2, 0.25) is 0 Å². The zero-order chi connectivity index (χ0) is 24.2. The Morgan fingerprint density at radius 1 is 0.914 bits per heavy atom. The molecule has 35 heavy (non-hydrogen) atoms. The lowest BCUT2D eigenvalue weighted by molar-refractivity contribution is -0.136. The van der Waals surface area contributed by atoms with Gasteiger partial charge in [-0.3, -0.25) is 4.79 Å². The first kappa shape index (κ1) is 23.1. The van der Waals surface area contributed by atoms with Gasteiger partial charge in [-0.25, -0.2) is 0 Å². The molecular formula is C28H33N5O2. The number of ether oxygens (including phenoxy) is 1. The number of aromatic nitrogens is 2. The zero-order valence-corrected chi connectivity index (χ0v) is 20.6. The number of piperidine rings is 1. The van der Waals surface area contributed by atoms with Gasteiger partial charge in [0, 0.05) is 50.5 Å². The summed E-state index contributed by atoms with van der Waals surface area (Å²) in [6.07, 6.45) is 1.92. The van der Waals surface area contributed by atoms with Crippen molar-refractivity contribution in [3.8, 4) is 17.0 Å². The molecule has 2 aromatic carbocycles. The summed E-state index contributed by atoms with van der Waals surface area (Å²) < 4.78 is 5.23. The molecule has 2 saturated heterocycles. The number of rotatable bonds is 5. The van der Waals surface area contributed by atoms with Crippen molar-refractivity contribution in [1.29, 1.82) is 0 Å². The maximum Gasteiger partial charge on any atom is 0.227 e. The highest BCUT2D eigenvalue weighted by molar-refractivity contribution is 5.80. The van der Waals surface area contributed by atoms with Gasteiger partial charge in [0.15, 0.2) is 5.82 Å². The quantitative estimate of drug-likeness (QED) is 0.560. The lowest BCUT2D eigenvalue weighted by atomic mass is 9.96. The van der Waals surface area contributed by atoms with Crippen molar-refractivity contribution in [2.45, 2.75) is 19.8 Å². The van der Waals surface area contributed by atoms with Crippen molar-refractivity contribution in [2.75, 3.05) is 56.2 Å². The van der Waals surface area contributed by atoms with Crippen LogP contribution in [0.5, 0.6) is 5.75 Å². The Bertz CT molecular complexity index is 1140. The molecule has 2 fully saturated rings. The number of amides is 1. The van der Waals surface area contributed by atoms with Crippen LogP contribution >= 0.6 is 0 Å². The lowest BCUT2D eigenvalue weighted by Gasteiger charge is -2.40. The highest BCUT2D eigenvalue weighted by Crippen LogP contribution is 2.26. The van der Waals surface area contributed by atoms with E-state index in [1.54, 1.807) is 7.11 Å². The van der Waals surface area contributed by atoms with E-state index in [1.165, 1.54) is 11.3 Å². The number of aryl methyl sites for hydroxylation is 1. The monoisotopic (exact) mass is 471 g/mol. The molecule has 2 aliphatic heterocycles. The van der Waals surface area contributed by atoms with Crippen LogP contribution in [-0.2, 0) is 4.79 Å². The molecule has 182 valence electrons. The molecular weight excluding hydrogens is 438 g/mol. The fourth-order valence-electron chi connectivity index (χ4n) is 5.06. The Kier molecular flexibility index (Phi) is 6.84. The summed E-state index contributed by atoms with van der Waals surface area (Å²) in [5.41, 5.74) is 4.34. The smallest absolute Gasteiger partial charge is 0.227 e. The van der Waals surface area contributed by atoms with E-state index in [9.17, 15) is 4.79 Å². The van der Waals surface area contributed by atoms with E-state index < -0.39 is 0 Å². The summed E-state index contributed by atoms with van der Waals surface area (Å²) in [6.45, 7) is 7.04. The van der Waals surface area contributed by atoms with Crippen molar-refractivity contribution in [3.63, 3.8) is 0 Å². The zero-order valence-electron chi connectivity index (χ0n) is 20.6. The van der Waals surface area contributed by atoms with E-state index in [2.05, 4.69) is 56.1 Å². The molecule has 2 aliphatic rings. The van der Waals surface area contributed by atoms with Gasteiger partial charge >= 0.3 is 0 Å². The second-order valence-electron chi connectivity index (χ2n) is 9.44. The van der Waals surface area contributed by atoms with Crippen LogP contribution in [0.1, 0.15) is 18.4 Å². The Morgan fingerprint density at radius 3 is 2.40 bits per heavy atom. The number of hydrogen-bond acceptors (Lipinski definition) is 6. The van der Waals surface area contributed by atoms with Crippen LogP contribution in [0.15, 0.2) is 60.7 Å². The van der Waals surface area contributed by atoms with Gasteiger partial charge in [-0.2, -0.15) is 0 Å². The predicted octanol–water partition coefficient (Wildman–Crippen LogP) is 4.03. The van der Waals surface area contributed by atoms with Crippen LogP contribution in [0.4, 0.5) is 11.5 Å². The first-order chi connectivity index (χ1) is 17.1. The van der Waals surface area contributed by atoms with Gasteiger partial charge in [-0.15, -0.1) is 10.2 Å². The minimum absolute atomic E-state index is 0.0114. The minimum Gasteiger partial charge on any atom is -0.497 e. The average molecular weight is 472 g/mol. The number of carbonyl (C=O) groups excluding carboxylic acids is 1. The Labute approximate surface area is 207 Å². The summed E-state index contributed by atoms with van der Waals surface area (Å²) in [6, 6.07) is 20.4. The summed E-state index contributed by atoms with van der Waals surface area (Å²) >= 11 is 0. The van der Waals surface area contributed by atoms with Gasteiger partial charge < -0.3 is 19.4 Å². The molecule has 1 aromatic heterocycles. The van der Waals surface area contributed by atoms with Crippen molar-refractivity contribution < 1.29 is 9.53 Å². The Morgan fingerprint density at radius 2 is 1.71 bits per heavy atom. The topological polar surface area (TPSA) is 61.8 Å². The fourth-order valence-corrected chi connectivity index (χ4v) is 5.06. The first-order valence-electron chi connectivity index (χ1n) is 12.4. The molecule has 7 nitrogen and oxygen atoms in total. The van der Waals surface area contributed by atoms with Gasteiger partial charge in [-0.05, 0) is 73.9 Å². The minimum atomic E-state index is 0.0114. The number of nitrogens with zero attached hydrogens (tertiary/aromatic N) is 5. The Hall–Kier alpha value is -3.61.